The summed E-state index contributed by atoms with van der Waals surface area (Å²) in [5, 5.41) is 2.74. The average molecular weight is 345 g/mol. The molecule has 2 rings (SSSR count). The summed E-state index contributed by atoms with van der Waals surface area (Å²) >= 11 is 0. The van der Waals surface area contributed by atoms with Gasteiger partial charge in [0.25, 0.3) is 5.91 Å². The van der Waals surface area contributed by atoms with Gasteiger partial charge in [-0.2, -0.15) is 0 Å². The van der Waals surface area contributed by atoms with Gasteiger partial charge in [0.15, 0.2) is 5.60 Å². The lowest BCUT2D eigenvalue weighted by atomic mass is 9.94. The van der Waals surface area contributed by atoms with Crippen LogP contribution in [0, 0.1) is 5.82 Å². The molecule has 0 radical (unpaired) electrons. The molecule has 5 nitrogen and oxygen atoms in total. The molecule has 1 atom stereocenters. The molecule has 2 aromatic rings. The van der Waals surface area contributed by atoms with E-state index in [0.717, 1.165) is 5.56 Å². The molecular formula is C19H20FNO4. The highest BCUT2D eigenvalue weighted by atomic mass is 19.1. The van der Waals surface area contributed by atoms with E-state index in [1.54, 1.807) is 36.4 Å². The first-order chi connectivity index (χ1) is 11.9. The molecule has 0 aromatic heterocycles. The predicted octanol–water partition coefficient (Wildman–Crippen LogP) is 2.93. The van der Waals surface area contributed by atoms with Crippen molar-refractivity contribution in [1.29, 1.82) is 0 Å². The van der Waals surface area contributed by atoms with Crippen molar-refractivity contribution in [3.05, 3.63) is 65.5 Å². The topological polar surface area (TPSA) is 64.6 Å². The van der Waals surface area contributed by atoms with E-state index in [2.05, 4.69) is 5.32 Å². The monoisotopic (exact) mass is 345 g/mol. The van der Waals surface area contributed by atoms with Crippen LogP contribution in [0.25, 0.3) is 0 Å². The van der Waals surface area contributed by atoms with Gasteiger partial charge in [-0.1, -0.05) is 30.3 Å². The zero-order chi connectivity index (χ0) is 18.4. The molecule has 0 saturated carbocycles. The summed E-state index contributed by atoms with van der Waals surface area (Å²) < 4.78 is 24.3. The molecule has 0 heterocycles. The van der Waals surface area contributed by atoms with Gasteiger partial charge in [0.1, 0.15) is 11.6 Å². The molecule has 2 aromatic carbocycles. The highest BCUT2D eigenvalue weighted by Crippen LogP contribution is 2.27. The molecule has 0 bridgehead atoms. The third-order valence-electron chi connectivity index (χ3n) is 3.87. The average Bonchev–Trinajstić information content (AvgIpc) is 2.60. The van der Waals surface area contributed by atoms with Crippen molar-refractivity contribution in [2.45, 2.75) is 26.0 Å². The number of carbonyl (C=O) groups excluding carboxylic acids is 2. The fraction of sp³-hybridized carbons (Fsp3) is 0.263. The third kappa shape index (κ3) is 4.42. The number of hydrogen-bond acceptors (Lipinski definition) is 4. The number of methoxy groups -OCH3 is 1. The maximum atomic E-state index is 14.0. The van der Waals surface area contributed by atoms with Crippen LogP contribution >= 0.6 is 0 Å². The zero-order valence-corrected chi connectivity index (χ0v) is 14.3. The molecule has 1 N–H and O–H groups in total. The maximum Gasteiger partial charge on any atom is 0.308 e. The fourth-order valence-corrected chi connectivity index (χ4v) is 2.37. The normalized spacial score (nSPS) is 13.0. The number of esters is 1. The van der Waals surface area contributed by atoms with Crippen molar-refractivity contribution >= 4 is 11.9 Å². The van der Waals surface area contributed by atoms with E-state index in [-0.39, 0.29) is 12.1 Å². The predicted molar refractivity (Wildman–Crippen MR) is 90.4 cm³/mol. The van der Waals surface area contributed by atoms with Gasteiger partial charge in [0, 0.05) is 26.1 Å². The van der Waals surface area contributed by atoms with Crippen LogP contribution in [0.2, 0.25) is 0 Å². The van der Waals surface area contributed by atoms with E-state index in [9.17, 15) is 14.0 Å². The van der Waals surface area contributed by atoms with E-state index < -0.39 is 23.3 Å². The molecule has 0 aliphatic rings. The maximum absolute atomic E-state index is 14.0. The van der Waals surface area contributed by atoms with E-state index >= 15 is 0 Å². The van der Waals surface area contributed by atoms with Crippen LogP contribution in [0.4, 0.5) is 4.39 Å². The van der Waals surface area contributed by atoms with Gasteiger partial charge in [-0.3, -0.25) is 9.59 Å². The van der Waals surface area contributed by atoms with Crippen molar-refractivity contribution in [1.82, 2.24) is 5.32 Å². The Kier molecular flexibility index (Phi) is 5.88. The smallest absolute Gasteiger partial charge is 0.308 e. The number of hydrogen-bond donors (Lipinski definition) is 1. The van der Waals surface area contributed by atoms with Crippen molar-refractivity contribution < 1.29 is 23.5 Å². The Hall–Kier alpha value is -2.73. The highest BCUT2D eigenvalue weighted by Gasteiger charge is 2.37. The van der Waals surface area contributed by atoms with E-state index in [4.69, 9.17) is 9.47 Å². The Balaban J connectivity index is 2.07. The largest absolute Gasteiger partial charge is 0.427 e. The molecule has 0 unspecified atom stereocenters. The Morgan fingerprint density at radius 1 is 1.12 bits per heavy atom. The van der Waals surface area contributed by atoms with Crippen LogP contribution in [0.15, 0.2) is 48.5 Å². The van der Waals surface area contributed by atoms with E-state index in [1.807, 2.05) is 0 Å². The van der Waals surface area contributed by atoms with Gasteiger partial charge in [0.05, 0.1) is 0 Å². The van der Waals surface area contributed by atoms with Gasteiger partial charge in [0.2, 0.25) is 0 Å². The Labute approximate surface area is 145 Å². The number of ether oxygens (including phenoxy) is 2. The van der Waals surface area contributed by atoms with Crippen LogP contribution in [-0.2, 0) is 26.5 Å². The Morgan fingerprint density at radius 3 is 2.32 bits per heavy atom. The first-order valence-electron chi connectivity index (χ1n) is 7.72. The van der Waals surface area contributed by atoms with Crippen molar-refractivity contribution in [3.63, 3.8) is 0 Å². The second-order valence-electron chi connectivity index (χ2n) is 5.64. The van der Waals surface area contributed by atoms with Gasteiger partial charge >= 0.3 is 5.97 Å². The number of nitrogens with one attached hydrogen (secondary N) is 1. The van der Waals surface area contributed by atoms with Crippen LogP contribution in [-0.4, -0.2) is 19.0 Å². The summed E-state index contributed by atoms with van der Waals surface area (Å²) in [6.07, 6.45) is 0. The quantitative estimate of drug-likeness (QED) is 0.646. The van der Waals surface area contributed by atoms with Gasteiger partial charge in [-0.25, -0.2) is 4.39 Å². The summed E-state index contributed by atoms with van der Waals surface area (Å²) in [6.45, 7) is 3.07. The van der Waals surface area contributed by atoms with E-state index in [1.165, 1.54) is 33.1 Å². The molecule has 0 fully saturated rings. The zero-order valence-electron chi connectivity index (χ0n) is 14.3. The minimum Gasteiger partial charge on any atom is -0.427 e. The van der Waals surface area contributed by atoms with Gasteiger partial charge in [-0.05, 0) is 30.7 Å². The molecule has 0 aliphatic heterocycles. The first kappa shape index (κ1) is 18.6. The van der Waals surface area contributed by atoms with Crippen LogP contribution < -0.4 is 10.1 Å². The Morgan fingerprint density at radius 2 is 1.76 bits per heavy atom. The summed E-state index contributed by atoms with van der Waals surface area (Å²) in [5.74, 6) is -0.936. The number of amides is 1. The summed E-state index contributed by atoms with van der Waals surface area (Å²) in [4.78, 5) is 23.5. The summed E-state index contributed by atoms with van der Waals surface area (Å²) in [5.41, 5.74) is -0.473. The molecule has 0 aliphatic carbocycles. The van der Waals surface area contributed by atoms with Crippen LogP contribution in [0.1, 0.15) is 25.0 Å². The summed E-state index contributed by atoms with van der Waals surface area (Å²) in [6, 6.07) is 12.7. The number of carbonyl (C=O) groups is 2. The van der Waals surface area contributed by atoms with Crippen LogP contribution in [0.5, 0.6) is 5.75 Å². The molecule has 25 heavy (non-hydrogen) atoms. The molecule has 0 spiro atoms. The molecular weight excluding hydrogens is 325 g/mol. The highest BCUT2D eigenvalue weighted by molar-refractivity contribution is 5.86. The lowest BCUT2D eigenvalue weighted by Crippen LogP contribution is -2.44. The summed E-state index contributed by atoms with van der Waals surface area (Å²) in [7, 11) is 1.36. The SMILES string of the molecule is CO[C@](C)(C(=O)NCc1ccc(OC(C)=O)cc1)c1ccccc1F. The lowest BCUT2D eigenvalue weighted by Gasteiger charge is -2.27. The molecule has 1 amide bonds. The number of rotatable bonds is 6. The van der Waals surface area contributed by atoms with Crippen molar-refractivity contribution in [3.8, 4) is 5.75 Å². The Bertz CT molecular complexity index is 760. The van der Waals surface area contributed by atoms with Gasteiger partial charge < -0.3 is 14.8 Å². The minimum atomic E-state index is -1.44. The second kappa shape index (κ2) is 7.90. The minimum absolute atomic E-state index is 0.167. The number of benzene rings is 2. The third-order valence-corrected chi connectivity index (χ3v) is 3.87. The second-order valence-corrected chi connectivity index (χ2v) is 5.64. The van der Waals surface area contributed by atoms with Crippen molar-refractivity contribution in [2.75, 3.05) is 7.11 Å². The van der Waals surface area contributed by atoms with E-state index in [0.29, 0.717) is 5.75 Å². The first-order valence-corrected chi connectivity index (χ1v) is 7.72. The van der Waals surface area contributed by atoms with Gasteiger partial charge in [-0.15, -0.1) is 0 Å². The lowest BCUT2D eigenvalue weighted by molar-refractivity contribution is -0.143. The van der Waals surface area contributed by atoms with Crippen molar-refractivity contribution in [2.24, 2.45) is 0 Å². The van der Waals surface area contributed by atoms with Crippen LogP contribution in [0.3, 0.4) is 0 Å². The molecule has 132 valence electrons. The molecule has 6 heteroatoms. The standard InChI is InChI=1S/C19H20FNO4/c1-13(22)25-15-10-8-14(9-11-15)12-21-18(23)19(2,24-3)16-6-4-5-7-17(16)20/h4-11H,12H2,1-3H3,(H,21,23)/t19-/m0/s1. The fourth-order valence-electron chi connectivity index (χ4n) is 2.37. The number of halogens is 1. The molecule has 0 saturated heterocycles.